The molecule has 1 aliphatic heterocycles. The minimum Gasteiger partial charge on any atom is -0.366 e. The zero-order valence-electron chi connectivity index (χ0n) is 11.3. The lowest BCUT2D eigenvalue weighted by atomic mass is 10.1. The molecule has 1 heterocycles. The van der Waals surface area contributed by atoms with Gasteiger partial charge in [-0.3, -0.25) is 9.59 Å². The van der Waals surface area contributed by atoms with E-state index in [4.69, 9.17) is 11.5 Å². The van der Waals surface area contributed by atoms with Crippen molar-refractivity contribution < 1.29 is 9.59 Å². The molecular formula is C16H15N3O2. The van der Waals surface area contributed by atoms with Crippen LogP contribution in [0.3, 0.4) is 0 Å². The largest absolute Gasteiger partial charge is 0.366 e. The van der Waals surface area contributed by atoms with Crippen LogP contribution in [0.2, 0.25) is 0 Å². The van der Waals surface area contributed by atoms with Crippen LogP contribution in [0.15, 0.2) is 48.5 Å². The molecule has 0 aromatic heterocycles. The van der Waals surface area contributed by atoms with Crippen molar-refractivity contribution in [1.29, 1.82) is 0 Å². The van der Waals surface area contributed by atoms with E-state index in [1.54, 1.807) is 35.2 Å². The summed E-state index contributed by atoms with van der Waals surface area (Å²) in [5, 5.41) is 0. The summed E-state index contributed by atoms with van der Waals surface area (Å²) in [7, 11) is 0. The molecule has 0 saturated carbocycles. The van der Waals surface area contributed by atoms with E-state index in [-0.39, 0.29) is 12.5 Å². The monoisotopic (exact) mass is 281 g/mol. The number of benzene rings is 2. The van der Waals surface area contributed by atoms with Gasteiger partial charge in [-0.05, 0) is 17.7 Å². The Morgan fingerprint density at radius 1 is 1.10 bits per heavy atom. The molecule has 21 heavy (non-hydrogen) atoms. The molecule has 2 aromatic carbocycles. The van der Waals surface area contributed by atoms with Crippen LogP contribution < -0.4 is 11.5 Å². The van der Waals surface area contributed by atoms with Crippen LogP contribution in [-0.2, 0) is 6.54 Å². The Labute approximate surface area is 122 Å². The van der Waals surface area contributed by atoms with Gasteiger partial charge in [0.15, 0.2) is 0 Å². The van der Waals surface area contributed by atoms with E-state index in [9.17, 15) is 9.59 Å². The zero-order chi connectivity index (χ0) is 15.0. The first kappa shape index (κ1) is 13.3. The Hall–Kier alpha value is -2.66. The minimum atomic E-state index is -0.511. The van der Waals surface area contributed by atoms with Gasteiger partial charge in [-0.2, -0.15) is 0 Å². The zero-order valence-corrected chi connectivity index (χ0v) is 11.3. The maximum atomic E-state index is 12.4. The average molecular weight is 281 g/mol. The average Bonchev–Trinajstić information content (AvgIpc) is 2.73. The van der Waals surface area contributed by atoms with Gasteiger partial charge >= 0.3 is 0 Å². The van der Waals surface area contributed by atoms with Gasteiger partial charge in [0.25, 0.3) is 5.91 Å². The summed E-state index contributed by atoms with van der Waals surface area (Å²) in [5.74, 6) is -0.638. The quantitative estimate of drug-likeness (QED) is 0.891. The normalized spacial score (nSPS) is 16.9. The van der Waals surface area contributed by atoms with Gasteiger partial charge in [0.2, 0.25) is 5.91 Å². The Morgan fingerprint density at radius 3 is 2.48 bits per heavy atom. The van der Waals surface area contributed by atoms with Crippen molar-refractivity contribution in [1.82, 2.24) is 4.90 Å². The molecule has 5 nitrogen and oxygen atoms in total. The van der Waals surface area contributed by atoms with Gasteiger partial charge in [-0.15, -0.1) is 0 Å². The van der Waals surface area contributed by atoms with Crippen molar-refractivity contribution in [2.45, 2.75) is 12.7 Å². The number of rotatable bonds is 3. The molecule has 0 aliphatic carbocycles. The van der Waals surface area contributed by atoms with Crippen LogP contribution in [0.25, 0.3) is 0 Å². The molecule has 0 fully saturated rings. The summed E-state index contributed by atoms with van der Waals surface area (Å²) in [6.45, 7) is 0.258. The summed E-state index contributed by atoms with van der Waals surface area (Å²) in [5.41, 5.74) is 14.0. The third-order valence-electron chi connectivity index (χ3n) is 3.73. The van der Waals surface area contributed by atoms with Crippen molar-refractivity contribution in [3.05, 3.63) is 70.8 Å². The SMILES string of the molecule is NC(=O)c1ccccc1CN1C(=O)c2ccccc2C1N. The third-order valence-corrected chi connectivity index (χ3v) is 3.73. The third kappa shape index (κ3) is 2.17. The van der Waals surface area contributed by atoms with E-state index in [2.05, 4.69) is 0 Å². The van der Waals surface area contributed by atoms with Crippen LogP contribution in [0.4, 0.5) is 0 Å². The number of amides is 2. The highest BCUT2D eigenvalue weighted by atomic mass is 16.2. The highest BCUT2D eigenvalue weighted by molar-refractivity contribution is 5.99. The number of hydrogen-bond acceptors (Lipinski definition) is 3. The Balaban J connectivity index is 1.94. The van der Waals surface area contributed by atoms with E-state index in [1.807, 2.05) is 18.2 Å². The minimum absolute atomic E-state index is 0.127. The Kier molecular flexibility index (Phi) is 3.19. The van der Waals surface area contributed by atoms with Crippen molar-refractivity contribution >= 4 is 11.8 Å². The first-order valence-corrected chi connectivity index (χ1v) is 6.63. The highest BCUT2D eigenvalue weighted by Gasteiger charge is 2.34. The van der Waals surface area contributed by atoms with Crippen LogP contribution in [0.5, 0.6) is 0 Å². The van der Waals surface area contributed by atoms with Gasteiger partial charge in [0.05, 0.1) is 0 Å². The van der Waals surface area contributed by atoms with Crippen LogP contribution in [0, 0.1) is 0 Å². The van der Waals surface area contributed by atoms with E-state index in [1.165, 1.54) is 0 Å². The summed E-state index contributed by atoms with van der Waals surface area (Å²) >= 11 is 0. The standard InChI is InChI=1S/C16H15N3O2/c17-14-12-7-3-4-8-13(12)16(21)19(14)9-10-5-1-2-6-11(10)15(18)20/h1-8,14H,9,17H2,(H2,18,20). The number of carbonyl (C=O) groups is 2. The topological polar surface area (TPSA) is 89.4 Å². The number of fused-ring (bicyclic) bond motifs is 1. The van der Waals surface area contributed by atoms with Crippen molar-refractivity contribution in [2.24, 2.45) is 11.5 Å². The summed E-state index contributed by atoms with van der Waals surface area (Å²) in [4.78, 5) is 25.4. The molecule has 1 aliphatic rings. The fourth-order valence-corrected chi connectivity index (χ4v) is 2.65. The summed E-state index contributed by atoms with van der Waals surface area (Å²) in [6, 6.07) is 14.2. The number of nitrogens with two attached hydrogens (primary N) is 2. The number of hydrogen-bond donors (Lipinski definition) is 2. The number of carbonyl (C=O) groups excluding carboxylic acids is 2. The van der Waals surface area contributed by atoms with E-state index in [0.29, 0.717) is 16.7 Å². The van der Waals surface area contributed by atoms with Gasteiger partial charge in [-0.1, -0.05) is 36.4 Å². The first-order valence-electron chi connectivity index (χ1n) is 6.63. The van der Waals surface area contributed by atoms with E-state index >= 15 is 0 Å². The summed E-state index contributed by atoms with van der Waals surface area (Å²) in [6.07, 6.45) is -0.505. The molecule has 2 amide bonds. The predicted molar refractivity (Wildman–Crippen MR) is 78.2 cm³/mol. The molecule has 3 rings (SSSR count). The molecule has 0 bridgehead atoms. The maximum Gasteiger partial charge on any atom is 0.256 e. The van der Waals surface area contributed by atoms with Crippen molar-refractivity contribution in [3.63, 3.8) is 0 Å². The molecule has 2 aromatic rings. The molecule has 1 atom stereocenters. The second-order valence-electron chi connectivity index (χ2n) is 4.99. The fraction of sp³-hybridized carbons (Fsp3) is 0.125. The second-order valence-corrected chi connectivity index (χ2v) is 4.99. The highest BCUT2D eigenvalue weighted by Crippen LogP contribution is 2.31. The lowest BCUT2D eigenvalue weighted by Gasteiger charge is -2.22. The molecule has 0 saturated heterocycles. The second kappa shape index (κ2) is 5.03. The van der Waals surface area contributed by atoms with Gasteiger partial charge < -0.3 is 16.4 Å². The van der Waals surface area contributed by atoms with E-state index in [0.717, 1.165) is 5.56 Å². The number of nitrogens with zero attached hydrogens (tertiary/aromatic N) is 1. The van der Waals surface area contributed by atoms with Crippen LogP contribution in [0.1, 0.15) is 38.0 Å². The molecule has 5 heteroatoms. The summed E-state index contributed by atoms with van der Waals surface area (Å²) < 4.78 is 0. The molecule has 0 spiro atoms. The fourth-order valence-electron chi connectivity index (χ4n) is 2.65. The Bertz CT molecular complexity index is 727. The van der Waals surface area contributed by atoms with Gasteiger partial charge in [0.1, 0.15) is 6.17 Å². The smallest absolute Gasteiger partial charge is 0.256 e. The molecule has 0 radical (unpaired) electrons. The molecular weight excluding hydrogens is 266 g/mol. The molecule has 4 N–H and O–H groups in total. The lowest BCUT2D eigenvalue weighted by Crippen LogP contribution is -2.33. The van der Waals surface area contributed by atoms with Gasteiger partial charge in [0, 0.05) is 23.2 Å². The number of primary amides is 1. The maximum absolute atomic E-state index is 12.4. The van der Waals surface area contributed by atoms with Crippen LogP contribution in [-0.4, -0.2) is 16.7 Å². The predicted octanol–water partition coefficient (Wildman–Crippen LogP) is 1.40. The Morgan fingerprint density at radius 2 is 1.76 bits per heavy atom. The molecule has 106 valence electrons. The lowest BCUT2D eigenvalue weighted by molar-refractivity contribution is 0.0712. The van der Waals surface area contributed by atoms with Gasteiger partial charge in [-0.25, -0.2) is 0 Å². The van der Waals surface area contributed by atoms with Crippen molar-refractivity contribution in [2.75, 3.05) is 0 Å². The first-order chi connectivity index (χ1) is 10.1. The van der Waals surface area contributed by atoms with Crippen molar-refractivity contribution in [3.8, 4) is 0 Å². The van der Waals surface area contributed by atoms with E-state index < -0.39 is 12.1 Å². The van der Waals surface area contributed by atoms with Crippen LogP contribution >= 0.6 is 0 Å². The molecule has 1 unspecified atom stereocenters.